The first-order valence-corrected chi connectivity index (χ1v) is 11.7. The van der Waals surface area contributed by atoms with Crippen LogP contribution in [-0.2, 0) is 14.3 Å². The van der Waals surface area contributed by atoms with Gasteiger partial charge in [0.1, 0.15) is 17.1 Å². The Morgan fingerprint density at radius 1 is 1.03 bits per heavy atom. The molecule has 4 rings (SSSR count). The molecule has 0 unspecified atom stereocenters. The summed E-state index contributed by atoms with van der Waals surface area (Å²) < 4.78 is 28.0. The smallest absolute Gasteiger partial charge is 0.375 e. The average molecular weight is 483 g/mol. The number of benzene rings is 2. The van der Waals surface area contributed by atoms with Crippen LogP contribution in [-0.4, -0.2) is 58.0 Å². The van der Waals surface area contributed by atoms with Crippen LogP contribution >= 0.6 is 0 Å². The number of morpholine rings is 1. The Morgan fingerprint density at radius 3 is 2.46 bits per heavy atom. The summed E-state index contributed by atoms with van der Waals surface area (Å²) in [7, 11) is 0. The van der Waals surface area contributed by atoms with Crippen LogP contribution < -0.4 is 19.7 Å². The Kier molecular flexibility index (Phi) is 7.77. The quantitative estimate of drug-likeness (QED) is 0.454. The lowest BCUT2D eigenvalue weighted by Gasteiger charge is -2.31. The number of fused-ring (bicyclic) bond motifs is 1. The van der Waals surface area contributed by atoms with Crippen LogP contribution in [0.3, 0.4) is 0 Å². The van der Waals surface area contributed by atoms with E-state index in [1.54, 1.807) is 19.1 Å². The molecule has 0 radical (unpaired) electrons. The number of carbonyl (C=O) groups excluding carboxylic acids is 2. The molecule has 1 aromatic heterocycles. The fraction of sp³-hybridized carbons (Fsp3) is 0.385. The van der Waals surface area contributed by atoms with Crippen LogP contribution in [0.4, 0.5) is 11.4 Å². The lowest BCUT2D eigenvalue weighted by atomic mass is 10.1. The van der Waals surface area contributed by atoms with E-state index in [4.69, 9.17) is 23.4 Å². The minimum atomic E-state index is -0.698. The summed E-state index contributed by atoms with van der Waals surface area (Å²) in [5.74, 6) is 0.0157. The molecule has 2 aromatic carbocycles. The Labute approximate surface area is 203 Å². The normalized spacial score (nSPS) is 13.5. The Morgan fingerprint density at radius 2 is 1.74 bits per heavy atom. The second-order valence-corrected chi connectivity index (χ2v) is 7.96. The number of hydrogen-bond donors (Lipinski definition) is 1. The van der Waals surface area contributed by atoms with Gasteiger partial charge in [0.2, 0.25) is 5.76 Å². The zero-order valence-electron chi connectivity index (χ0n) is 20.2. The predicted octanol–water partition coefficient (Wildman–Crippen LogP) is 4.17. The van der Waals surface area contributed by atoms with E-state index in [0.717, 1.165) is 24.2 Å². The van der Waals surface area contributed by atoms with Crippen molar-refractivity contribution in [2.75, 3.05) is 56.3 Å². The standard InChI is InChI=1S/C26H30N2O7/c1-4-32-22-15-20(28-10-12-31-13-11-28)23(33-5-2)14-19(22)27-24(29)16-34-26(30)25-17(3)18-8-6-7-9-21(18)35-25/h6-9,14-15H,4-5,10-13,16H2,1-3H3,(H,27,29). The largest absolute Gasteiger partial charge is 0.492 e. The lowest BCUT2D eigenvalue weighted by molar-refractivity contribution is -0.119. The maximum atomic E-state index is 12.7. The van der Waals surface area contributed by atoms with E-state index in [1.165, 1.54) is 0 Å². The third-order valence-electron chi connectivity index (χ3n) is 5.65. The summed E-state index contributed by atoms with van der Waals surface area (Å²) in [6, 6.07) is 10.9. The van der Waals surface area contributed by atoms with Crippen molar-refractivity contribution < 1.29 is 33.0 Å². The van der Waals surface area contributed by atoms with Crippen molar-refractivity contribution in [2.45, 2.75) is 20.8 Å². The number of hydrogen-bond acceptors (Lipinski definition) is 8. The molecular weight excluding hydrogens is 452 g/mol. The van der Waals surface area contributed by atoms with Gasteiger partial charge < -0.3 is 33.6 Å². The average Bonchev–Trinajstić information content (AvgIpc) is 3.21. The number of ether oxygens (including phenoxy) is 4. The molecule has 186 valence electrons. The third kappa shape index (κ3) is 5.51. The molecule has 0 saturated carbocycles. The number of amides is 1. The number of esters is 1. The molecule has 1 N–H and O–H groups in total. The summed E-state index contributed by atoms with van der Waals surface area (Å²) >= 11 is 0. The minimum absolute atomic E-state index is 0.0856. The number of para-hydroxylation sites is 1. The zero-order valence-corrected chi connectivity index (χ0v) is 20.2. The first-order valence-electron chi connectivity index (χ1n) is 11.7. The molecule has 1 amide bonds. The molecule has 0 aliphatic carbocycles. The van der Waals surface area contributed by atoms with Crippen molar-refractivity contribution in [3.05, 3.63) is 47.7 Å². The highest BCUT2D eigenvalue weighted by Crippen LogP contribution is 2.39. The first-order chi connectivity index (χ1) is 17.0. The number of anilines is 2. The summed E-state index contributed by atoms with van der Waals surface area (Å²) in [6.07, 6.45) is 0. The van der Waals surface area contributed by atoms with Crippen molar-refractivity contribution >= 4 is 34.2 Å². The molecule has 0 bridgehead atoms. The lowest BCUT2D eigenvalue weighted by Crippen LogP contribution is -2.36. The molecule has 2 heterocycles. The van der Waals surface area contributed by atoms with Gasteiger partial charge >= 0.3 is 5.97 Å². The van der Waals surface area contributed by atoms with Crippen molar-refractivity contribution in [2.24, 2.45) is 0 Å². The van der Waals surface area contributed by atoms with E-state index in [2.05, 4.69) is 10.2 Å². The van der Waals surface area contributed by atoms with E-state index >= 15 is 0 Å². The second-order valence-electron chi connectivity index (χ2n) is 7.96. The molecule has 9 nitrogen and oxygen atoms in total. The van der Waals surface area contributed by atoms with E-state index in [-0.39, 0.29) is 5.76 Å². The Balaban J connectivity index is 1.48. The molecule has 3 aromatic rings. The molecule has 0 spiro atoms. The number of nitrogens with one attached hydrogen (secondary N) is 1. The van der Waals surface area contributed by atoms with Crippen molar-refractivity contribution in [3.63, 3.8) is 0 Å². The molecule has 1 saturated heterocycles. The van der Waals surface area contributed by atoms with Crippen molar-refractivity contribution in [1.82, 2.24) is 0 Å². The monoisotopic (exact) mass is 482 g/mol. The van der Waals surface area contributed by atoms with Gasteiger partial charge in [-0.1, -0.05) is 18.2 Å². The summed E-state index contributed by atoms with van der Waals surface area (Å²) in [5, 5.41) is 3.61. The molecule has 35 heavy (non-hydrogen) atoms. The van der Waals surface area contributed by atoms with Crippen LogP contribution in [0.5, 0.6) is 11.5 Å². The van der Waals surface area contributed by atoms with Gasteiger partial charge in [0.05, 0.1) is 37.8 Å². The van der Waals surface area contributed by atoms with Gasteiger partial charge in [0.15, 0.2) is 6.61 Å². The fourth-order valence-corrected chi connectivity index (χ4v) is 4.00. The number of nitrogens with zero attached hydrogens (tertiary/aromatic N) is 1. The SMILES string of the molecule is CCOc1cc(N2CCOCC2)c(OCC)cc1NC(=O)COC(=O)c1oc2ccccc2c1C. The first kappa shape index (κ1) is 24.4. The Bertz CT molecular complexity index is 1200. The van der Waals surface area contributed by atoms with Crippen LogP contribution in [0.25, 0.3) is 11.0 Å². The maximum Gasteiger partial charge on any atom is 0.375 e. The number of furan rings is 1. The van der Waals surface area contributed by atoms with Crippen molar-refractivity contribution in [3.8, 4) is 11.5 Å². The number of carbonyl (C=O) groups is 2. The van der Waals surface area contributed by atoms with Crippen LogP contribution in [0.15, 0.2) is 40.8 Å². The number of aryl methyl sites for hydroxylation is 1. The Hall–Kier alpha value is -3.72. The third-order valence-corrected chi connectivity index (χ3v) is 5.65. The van der Waals surface area contributed by atoms with E-state index in [9.17, 15) is 9.59 Å². The summed E-state index contributed by atoms with van der Waals surface area (Å²) in [4.78, 5) is 27.4. The van der Waals surface area contributed by atoms with Gasteiger partial charge in [0, 0.05) is 36.2 Å². The zero-order chi connectivity index (χ0) is 24.8. The second kappa shape index (κ2) is 11.1. The van der Waals surface area contributed by atoms with E-state index in [0.29, 0.717) is 54.8 Å². The molecule has 1 fully saturated rings. The van der Waals surface area contributed by atoms with Crippen LogP contribution in [0.2, 0.25) is 0 Å². The molecule has 1 aliphatic heterocycles. The van der Waals surface area contributed by atoms with E-state index < -0.39 is 18.5 Å². The number of rotatable bonds is 9. The predicted molar refractivity (Wildman–Crippen MR) is 132 cm³/mol. The molecular formula is C26H30N2O7. The topological polar surface area (TPSA) is 99.5 Å². The van der Waals surface area contributed by atoms with Gasteiger partial charge in [0.25, 0.3) is 5.91 Å². The highest BCUT2D eigenvalue weighted by molar-refractivity contribution is 5.99. The molecule has 0 atom stereocenters. The highest BCUT2D eigenvalue weighted by Gasteiger charge is 2.22. The van der Waals surface area contributed by atoms with Gasteiger partial charge in [-0.3, -0.25) is 4.79 Å². The van der Waals surface area contributed by atoms with E-state index in [1.807, 2.05) is 38.1 Å². The van der Waals surface area contributed by atoms with Crippen molar-refractivity contribution in [1.29, 1.82) is 0 Å². The van der Waals surface area contributed by atoms with Crippen LogP contribution in [0, 0.1) is 6.92 Å². The van der Waals surface area contributed by atoms with Gasteiger partial charge in [-0.25, -0.2) is 4.79 Å². The van der Waals surface area contributed by atoms with Gasteiger partial charge in [-0.2, -0.15) is 0 Å². The van der Waals surface area contributed by atoms with Gasteiger partial charge in [-0.05, 0) is 26.8 Å². The highest BCUT2D eigenvalue weighted by atomic mass is 16.5. The fourth-order valence-electron chi connectivity index (χ4n) is 4.00. The maximum absolute atomic E-state index is 12.7. The minimum Gasteiger partial charge on any atom is -0.492 e. The molecule has 9 heteroatoms. The summed E-state index contributed by atoms with van der Waals surface area (Å²) in [5.41, 5.74) is 2.58. The summed E-state index contributed by atoms with van der Waals surface area (Å²) in [6.45, 7) is 8.67. The van der Waals surface area contributed by atoms with Gasteiger partial charge in [-0.15, -0.1) is 0 Å². The van der Waals surface area contributed by atoms with Crippen LogP contribution in [0.1, 0.15) is 30.0 Å². The molecule has 1 aliphatic rings.